The molecular formula is C12H10BrNO3. The molecule has 0 radical (unpaired) electrons. The van der Waals surface area contributed by atoms with E-state index < -0.39 is 0 Å². The molecule has 0 aliphatic carbocycles. The highest BCUT2D eigenvalue weighted by Gasteiger charge is 2.22. The van der Waals surface area contributed by atoms with Crippen LogP contribution in [-0.2, 0) is 9.59 Å². The second kappa shape index (κ2) is 5.14. The molecule has 0 spiro atoms. The van der Waals surface area contributed by atoms with Crippen LogP contribution in [0.5, 0.6) is 5.75 Å². The molecule has 1 aliphatic rings. The van der Waals surface area contributed by atoms with E-state index in [1.54, 1.807) is 0 Å². The highest BCUT2D eigenvalue weighted by Crippen LogP contribution is 2.17. The number of carbonyl (C=O) groups excluding carboxylic acids is 2. The summed E-state index contributed by atoms with van der Waals surface area (Å²) in [6.45, 7) is 0.548. The van der Waals surface area contributed by atoms with E-state index in [0.717, 1.165) is 9.37 Å². The number of rotatable bonds is 4. The maximum absolute atomic E-state index is 11.2. The minimum Gasteiger partial charge on any atom is -0.492 e. The molecule has 0 N–H and O–H groups in total. The molecule has 0 atom stereocenters. The van der Waals surface area contributed by atoms with Gasteiger partial charge in [0.1, 0.15) is 12.4 Å². The Morgan fingerprint density at radius 2 is 1.88 bits per heavy atom. The maximum atomic E-state index is 11.2. The van der Waals surface area contributed by atoms with E-state index in [1.807, 2.05) is 24.3 Å². The van der Waals surface area contributed by atoms with E-state index in [2.05, 4.69) is 15.9 Å². The molecule has 0 saturated heterocycles. The summed E-state index contributed by atoms with van der Waals surface area (Å²) in [5.41, 5.74) is 0. The number of amides is 2. The summed E-state index contributed by atoms with van der Waals surface area (Å²) in [4.78, 5) is 23.6. The number of imide groups is 1. The van der Waals surface area contributed by atoms with E-state index in [-0.39, 0.29) is 25.0 Å². The summed E-state index contributed by atoms with van der Waals surface area (Å²) in [7, 11) is 0. The molecule has 0 bridgehead atoms. The molecule has 1 aromatic carbocycles. The second-order valence-corrected chi connectivity index (χ2v) is 4.38. The molecule has 1 aliphatic heterocycles. The molecule has 0 saturated carbocycles. The molecule has 0 unspecified atom stereocenters. The Labute approximate surface area is 107 Å². The number of benzene rings is 1. The first-order valence-electron chi connectivity index (χ1n) is 5.09. The Morgan fingerprint density at radius 1 is 1.18 bits per heavy atom. The van der Waals surface area contributed by atoms with Gasteiger partial charge in [-0.05, 0) is 18.2 Å². The van der Waals surface area contributed by atoms with Crippen LogP contribution in [0.2, 0.25) is 0 Å². The summed E-state index contributed by atoms with van der Waals surface area (Å²) in [5, 5.41) is 0. The molecule has 5 heteroatoms. The van der Waals surface area contributed by atoms with Crippen LogP contribution in [0.4, 0.5) is 0 Å². The third kappa shape index (κ3) is 2.94. The molecule has 1 aromatic rings. The highest BCUT2D eigenvalue weighted by atomic mass is 79.9. The Balaban J connectivity index is 1.84. The lowest BCUT2D eigenvalue weighted by molar-refractivity contribution is -0.137. The smallest absolute Gasteiger partial charge is 0.253 e. The molecule has 2 rings (SSSR count). The third-order valence-corrected chi connectivity index (χ3v) is 2.77. The average molecular weight is 296 g/mol. The first-order valence-corrected chi connectivity index (χ1v) is 5.88. The molecule has 0 fully saturated rings. The quantitative estimate of drug-likeness (QED) is 0.795. The van der Waals surface area contributed by atoms with Gasteiger partial charge in [0, 0.05) is 16.6 Å². The lowest BCUT2D eigenvalue weighted by Gasteiger charge is -2.14. The van der Waals surface area contributed by atoms with E-state index in [1.165, 1.54) is 12.2 Å². The molecule has 1 heterocycles. The van der Waals surface area contributed by atoms with Crippen molar-refractivity contribution in [3.63, 3.8) is 0 Å². The molecule has 88 valence electrons. The van der Waals surface area contributed by atoms with Crippen molar-refractivity contribution < 1.29 is 14.3 Å². The number of ether oxygens (including phenoxy) is 1. The van der Waals surface area contributed by atoms with Crippen LogP contribution in [0.15, 0.2) is 40.9 Å². The van der Waals surface area contributed by atoms with Crippen LogP contribution in [0, 0.1) is 0 Å². The second-order valence-electron chi connectivity index (χ2n) is 3.47. The standard InChI is InChI=1S/C12H10BrNO3/c13-9-2-1-3-10(8-9)17-7-6-14-11(15)4-5-12(14)16/h1-5,8H,6-7H2. The van der Waals surface area contributed by atoms with Crippen molar-refractivity contribution in [3.8, 4) is 5.75 Å². The lowest BCUT2D eigenvalue weighted by atomic mass is 10.3. The first kappa shape index (κ1) is 11.9. The number of nitrogens with zero attached hydrogens (tertiary/aromatic N) is 1. The van der Waals surface area contributed by atoms with Gasteiger partial charge in [0.25, 0.3) is 11.8 Å². The maximum Gasteiger partial charge on any atom is 0.253 e. The van der Waals surface area contributed by atoms with Crippen LogP contribution < -0.4 is 4.74 Å². The van der Waals surface area contributed by atoms with E-state index in [0.29, 0.717) is 5.75 Å². The Kier molecular flexibility index (Phi) is 3.58. The number of halogens is 1. The fraction of sp³-hybridized carbons (Fsp3) is 0.167. The van der Waals surface area contributed by atoms with Crippen molar-refractivity contribution in [2.24, 2.45) is 0 Å². The molecule has 2 amide bonds. The van der Waals surface area contributed by atoms with E-state index in [9.17, 15) is 9.59 Å². The summed E-state index contributed by atoms with van der Waals surface area (Å²) in [6, 6.07) is 7.39. The minimum absolute atomic E-state index is 0.261. The van der Waals surface area contributed by atoms with Gasteiger partial charge in [0.15, 0.2) is 0 Å². The predicted molar refractivity (Wildman–Crippen MR) is 65.5 cm³/mol. The number of carbonyl (C=O) groups is 2. The van der Waals surface area contributed by atoms with Gasteiger partial charge < -0.3 is 4.74 Å². The summed E-state index contributed by atoms with van der Waals surface area (Å²) in [6.07, 6.45) is 2.53. The van der Waals surface area contributed by atoms with Crippen LogP contribution in [-0.4, -0.2) is 29.9 Å². The zero-order valence-electron chi connectivity index (χ0n) is 8.93. The van der Waals surface area contributed by atoms with Gasteiger partial charge in [-0.15, -0.1) is 0 Å². The Bertz CT molecular complexity index is 466. The van der Waals surface area contributed by atoms with Crippen LogP contribution in [0.25, 0.3) is 0 Å². The SMILES string of the molecule is O=C1C=CC(=O)N1CCOc1cccc(Br)c1. The Morgan fingerprint density at radius 3 is 2.53 bits per heavy atom. The molecule has 0 aromatic heterocycles. The van der Waals surface area contributed by atoms with Gasteiger partial charge in [0.05, 0.1) is 6.54 Å². The molecule has 17 heavy (non-hydrogen) atoms. The van der Waals surface area contributed by atoms with Crippen molar-refractivity contribution in [2.45, 2.75) is 0 Å². The van der Waals surface area contributed by atoms with Gasteiger partial charge in [-0.2, -0.15) is 0 Å². The van der Waals surface area contributed by atoms with E-state index >= 15 is 0 Å². The van der Waals surface area contributed by atoms with Crippen molar-refractivity contribution in [1.82, 2.24) is 4.90 Å². The largest absolute Gasteiger partial charge is 0.492 e. The summed E-state index contributed by atoms with van der Waals surface area (Å²) in [5.74, 6) is 0.132. The summed E-state index contributed by atoms with van der Waals surface area (Å²) >= 11 is 3.33. The zero-order valence-corrected chi connectivity index (χ0v) is 10.5. The van der Waals surface area contributed by atoms with Crippen molar-refractivity contribution in [2.75, 3.05) is 13.2 Å². The molecule has 4 nitrogen and oxygen atoms in total. The summed E-state index contributed by atoms with van der Waals surface area (Å²) < 4.78 is 6.36. The van der Waals surface area contributed by atoms with Crippen molar-refractivity contribution >= 4 is 27.7 Å². The average Bonchev–Trinajstić information content (AvgIpc) is 2.61. The van der Waals surface area contributed by atoms with Crippen molar-refractivity contribution in [3.05, 3.63) is 40.9 Å². The van der Waals surface area contributed by atoms with Crippen LogP contribution in [0.3, 0.4) is 0 Å². The number of hydrogen-bond acceptors (Lipinski definition) is 3. The zero-order chi connectivity index (χ0) is 12.3. The fourth-order valence-corrected chi connectivity index (χ4v) is 1.84. The fourth-order valence-electron chi connectivity index (χ4n) is 1.46. The Hall–Kier alpha value is -1.62. The lowest BCUT2D eigenvalue weighted by Crippen LogP contribution is -2.33. The van der Waals surface area contributed by atoms with Gasteiger partial charge in [-0.3, -0.25) is 14.5 Å². The van der Waals surface area contributed by atoms with Gasteiger partial charge in [0.2, 0.25) is 0 Å². The normalized spacial score (nSPS) is 14.5. The predicted octanol–water partition coefficient (Wildman–Crippen LogP) is 1.75. The monoisotopic (exact) mass is 295 g/mol. The topological polar surface area (TPSA) is 46.6 Å². The third-order valence-electron chi connectivity index (χ3n) is 2.28. The molecular weight excluding hydrogens is 286 g/mol. The van der Waals surface area contributed by atoms with Crippen LogP contribution >= 0.6 is 15.9 Å². The van der Waals surface area contributed by atoms with Gasteiger partial charge in [-0.1, -0.05) is 22.0 Å². The van der Waals surface area contributed by atoms with Gasteiger partial charge >= 0.3 is 0 Å². The minimum atomic E-state index is -0.284. The number of hydrogen-bond donors (Lipinski definition) is 0. The van der Waals surface area contributed by atoms with Crippen molar-refractivity contribution in [1.29, 1.82) is 0 Å². The van der Waals surface area contributed by atoms with Crippen LogP contribution in [0.1, 0.15) is 0 Å². The first-order chi connectivity index (χ1) is 8.16. The highest BCUT2D eigenvalue weighted by molar-refractivity contribution is 9.10. The van der Waals surface area contributed by atoms with E-state index in [4.69, 9.17) is 4.74 Å². The van der Waals surface area contributed by atoms with Gasteiger partial charge in [-0.25, -0.2) is 0 Å².